The highest BCUT2D eigenvalue weighted by molar-refractivity contribution is 5.73. The van der Waals surface area contributed by atoms with Crippen molar-refractivity contribution in [2.24, 2.45) is 11.8 Å². The highest BCUT2D eigenvalue weighted by Crippen LogP contribution is 2.21. The van der Waals surface area contributed by atoms with E-state index in [4.69, 9.17) is 4.74 Å². The molecule has 0 aromatic rings. The first-order chi connectivity index (χ1) is 8.28. The van der Waals surface area contributed by atoms with Crippen LogP contribution in [0.4, 0.5) is 0 Å². The number of carbonyl (C=O) groups excluding carboxylic acids is 1. The molecule has 3 heteroatoms. The van der Waals surface area contributed by atoms with E-state index in [0.717, 1.165) is 31.8 Å². The molecule has 0 aromatic heterocycles. The molecule has 1 fully saturated rings. The quantitative estimate of drug-likeness (QED) is 0.723. The van der Waals surface area contributed by atoms with Gasteiger partial charge in [-0.2, -0.15) is 0 Å². The topological polar surface area (TPSA) is 29.5 Å². The third kappa shape index (κ3) is 5.85. The molecule has 3 nitrogen and oxygen atoms in total. The zero-order valence-electron chi connectivity index (χ0n) is 12.7. The Labute approximate surface area is 112 Å². The predicted octanol–water partition coefficient (Wildman–Crippen LogP) is 3.09. The number of esters is 1. The van der Waals surface area contributed by atoms with Crippen LogP contribution in [-0.2, 0) is 9.53 Å². The number of hydrogen-bond donors (Lipinski definition) is 0. The van der Waals surface area contributed by atoms with Crippen molar-refractivity contribution in [2.45, 2.75) is 59.5 Å². The van der Waals surface area contributed by atoms with E-state index in [1.807, 2.05) is 20.8 Å². The van der Waals surface area contributed by atoms with Crippen LogP contribution in [0.2, 0.25) is 0 Å². The van der Waals surface area contributed by atoms with E-state index in [2.05, 4.69) is 18.7 Å². The Balaban J connectivity index is 2.28. The number of piperidine rings is 1. The van der Waals surface area contributed by atoms with Crippen molar-refractivity contribution in [3.63, 3.8) is 0 Å². The summed E-state index contributed by atoms with van der Waals surface area (Å²) in [6.07, 6.45) is 3.15. The van der Waals surface area contributed by atoms with Gasteiger partial charge in [-0.3, -0.25) is 4.79 Å². The van der Waals surface area contributed by atoms with E-state index in [9.17, 15) is 4.79 Å². The van der Waals surface area contributed by atoms with Crippen LogP contribution in [0, 0.1) is 11.8 Å². The third-order valence-corrected chi connectivity index (χ3v) is 3.35. The summed E-state index contributed by atoms with van der Waals surface area (Å²) in [6.45, 7) is 13.6. The molecule has 0 radical (unpaired) electrons. The van der Waals surface area contributed by atoms with E-state index in [1.165, 1.54) is 13.0 Å². The molecule has 0 unspecified atom stereocenters. The van der Waals surface area contributed by atoms with Crippen LogP contribution in [0.1, 0.15) is 53.9 Å². The molecule has 1 rings (SSSR count). The lowest BCUT2D eigenvalue weighted by Gasteiger charge is -2.32. The summed E-state index contributed by atoms with van der Waals surface area (Å²) in [7, 11) is 0. The summed E-state index contributed by atoms with van der Waals surface area (Å²) in [5.41, 5.74) is -0.355. The number of ether oxygens (including phenoxy) is 1. The van der Waals surface area contributed by atoms with Gasteiger partial charge in [0.05, 0.1) is 5.92 Å². The second-order valence-electron chi connectivity index (χ2n) is 6.83. The van der Waals surface area contributed by atoms with Gasteiger partial charge in [-0.15, -0.1) is 0 Å². The van der Waals surface area contributed by atoms with Crippen molar-refractivity contribution in [1.29, 1.82) is 0 Å². The van der Waals surface area contributed by atoms with Gasteiger partial charge in [0, 0.05) is 0 Å². The van der Waals surface area contributed by atoms with Crippen molar-refractivity contribution < 1.29 is 9.53 Å². The van der Waals surface area contributed by atoms with Crippen LogP contribution >= 0.6 is 0 Å². The molecular weight excluding hydrogens is 226 g/mol. The monoisotopic (exact) mass is 255 g/mol. The van der Waals surface area contributed by atoms with Crippen molar-refractivity contribution in [2.75, 3.05) is 19.6 Å². The van der Waals surface area contributed by atoms with Crippen LogP contribution in [0.3, 0.4) is 0 Å². The Bertz CT molecular complexity index is 260. The highest BCUT2D eigenvalue weighted by Gasteiger charge is 2.28. The molecule has 18 heavy (non-hydrogen) atoms. The molecular formula is C15H29NO2. The standard InChI is InChI=1S/C15H29NO2/c1-12(2)6-9-16-10-7-13(8-11-16)14(17)18-15(3,4)5/h12-13H,6-11H2,1-5H3. The van der Waals surface area contributed by atoms with Crippen molar-refractivity contribution in [3.05, 3.63) is 0 Å². The lowest BCUT2D eigenvalue weighted by Crippen LogP contribution is -2.39. The number of carbonyl (C=O) groups is 1. The number of nitrogens with zero attached hydrogens (tertiary/aromatic N) is 1. The summed E-state index contributed by atoms with van der Waals surface area (Å²) in [5, 5.41) is 0. The summed E-state index contributed by atoms with van der Waals surface area (Å²) in [5.74, 6) is 0.860. The molecule has 0 aliphatic carbocycles. The summed E-state index contributed by atoms with van der Waals surface area (Å²) in [6, 6.07) is 0. The fraction of sp³-hybridized carbons (Fsp3) is 0.933. The van der Waals surface area contributed by atoms with Crippen LogP contribution in [0.25, 0.3) is 0 Å². The molecule has 0 bridgehead atoms. The van der Waals surface area contributed by atoms with Crippen LogP contribution in [0.5, 0.6) is 0 Å². The predicted molar refractivity (Wildman–Crippen MR) is 74.5 cm³/mol. The van der Waals surface area contributed by atoms with Gasteiger partial charge in [0.2, 0.25) is 0 Å². The highest BCUT2D eigenvalue weighted by atomic mass is 16.6. The van der Waals surface area contributed by atoms with Gasteiger partial charge in [-0.25, -0.2) is 0 Å². The normalized spacial score (nSPS) is 19.2. The van der Waals surface area contributed by atoms with Gasteiger partial charge in [-0.05, 0) is 65.6 Å². The molecule has 1 aliphatic heterocycles. The molecule has 0 amide bonds. The van der Waals surface area contributed by atoms with Crippen LogP contribution in [0.15, 0.2) is 0 Å². The molecule has 1 saturated heterocycles. The van der Waals surface area contributed by atoms with Gasteiger partial charge in [0.25, 0.3) is 0 Å². The van der Waals surface area contributed by atoms with Gasteiger partial charge >= 0.3 is 5.97 Å². The largest absolute Gasteiger partial charge is 0.460 e. The maximum atomic E-state index is 11.9. The first-order valence-electron chi connectivity index (χ1n) is 7.23. The Kier molecular flexibility index (Phi) is 5.64. The minimum Gasteiger partial charge on any atom is -0.460 e. The smallest absolute Gasteiger partial charge is 0.309 e. The number of rotatable bonds is 4. The van der Waals surface area contributed by atoms with Crippen LogP contribution in [-0.4, -0.2) is 36.1 Å². The summed E-state index contributed by atoms with van der Waals surface area (Å²) in [4.78, 5) is 14.4. The molecule has 0 saturated carbocycles. The fourth-order valence-electron chi connectivity index (χ4n) is 2.22. The average molecular weight is 255 g/mol. The number of likely N-dealkylation sites (tertiary alicyclic amines) is 1. The zero-order valence-corrected chi connectivity index (χ0v) is 12.7. The third-order valence-electron chi connectivity index (χ3n) is 3.35. The molecule has 1 heterocycles. The second-order valence-corrected chi connectivity index (χ2v) is 6.83. The fourth-order valence-corrected chi connectivity index (χ4v) is 2.22. The maximum absolute atomic E-state index is 11.9. The lowest BCUT2D eigenvalue weighted by atomic mass is 9.96. The summed E-state index contributed by atoms with van der Waals surface area (Å²) < 4.78 is 5.45. The van der Waals surface area contributed by atoms with Crippen molar-refractivity contribution in [1.82, 2.24) is 4.90 Å². The van der Waals surface area contributed by atoms with Crippen LogP contribution < -0.4 is 0 Å². The van der Waals surface area contributed by atoms with E-state index >= 15 is 0 Å². The minimum atomic E-state index is -0.355. The Morgan fingerprint density at radius 3 is 2.28 bits per heavy atom. The molecule has 0 aromatic carbocycles. The first kappa shape index (κ1) is 15.5. The molecule has 106 valence electrons. The van der Waals surface area contributed by atoms with Gasteiger partial charge in [0.1, 0.15) is 5.60 Å². The minimum absolute atomic E-state index is 0.00832. The Morgan fingerprint density at radius 1 is 1.28 bits per heavy atom. The van der Waals surface area contributed by atoms with E-state index < -0.39 is 0 Å². The van der Waals surface area contributed by atoms with Gasteiger partial charge in [-0.1, -0.05) is 13.8 Å². The van der Waals surface area contributed by atoms with Gasteiger partial charge < -0.3 is 9.64 Å². The first-order valence-corrected chi connectivity index (χ1v) is 7.23. The Hall–Kier alpha value is -0.570. The Morgan fingerprint density at radius 2 is 1.83 bits per heavy atom. The molecule has 1 aliphatic rings. The molecule has 0 spiro atoms. The van der Waals surface area contributed by atoms with Gasteiger partial charge in [0.15, 0.2) is 0 Å². The second kappa shape index (κ2) is 6.55. The van der Waals surface area contributed by atoms with E-state index in [-0.39, 0.29) is 17.5 Å². The number of hydrogen-bond acceptors (Lipinski definition) is 3. The SMILES string of the molecule is CC(C)CCN1CCC(C(=O)OC(C)(C)C)CC1. The molecule has 0 N–H and O–H groups in total. The van der Waals surface area contributed by atoms with Crippen molar-refractivity contribution >= 4 is 5.97 Å². The van der Waals surface area contributed by atoms with Crippen molar-refractivity contribution in [3.8, 4) is 0 Å². The summed E-state index contributed by atoms with van der Waals surface area (Å²) >= 11 is 0. The van der Waals surface area contributed by atoms with E-state index in [0.29, 0.717) is 0 Å². The van der Waals surface area contributed by atoms with E-state index in [1.54, 1.807) is 0 Å². The molecule has 0 atom stereocenters. The lowest BCUT2D eigenvalue weighted by molar-refractivity contribution is -0.161. The average Bonchev–Trinajstić information content (AvgIpc) is 2.24. The zero-order chi connectivity index (χ0) is 13.8. The maximum Gasteiger partial charge on any atom is 0.309 e.